The second kappa shape index (κ2) is 7.93. The molecule has 23 heavy (non-hydrogen) atoms. The van der Waals surface area contributed by atoms with Gasteiger partial charge in [0, 0.05) is 19.2 Å². The summed E-state index contributed by atoms with van der Waals surface area (Å²) in [5.74, 6) is -0.0661. The van der Waals surface area contributed by atoms with Crippen LogP contribution in [0.25, 0.3) is 0 Å². The third kappa shape index (κ3) is 4.81. The van der Waals surface area contributed by atoms with E-state index >= 15 is 0 Å². The van der Waals surface area contributed by atoms with Gasteiger partial charge >= 0.3 is 0 Å². The molecule has 2 aromatic rings. The zero-order chi connectivity index (χ0) is 16.7. The summed E-state index contributed by atoms with van der Waals surface area (Å²) >= 11 is 0. The fourth-order valence-electron chi connectivity index (χ4n) is 2.23. The van der Waals surface area contributed by atoms with E-state index in [2.05, 4.69) is 10.6 Å². The van der Waals surface area contributed by atoms with Crippen molar-refractivity contribution in [2.45, 2.75) is 13.3 Å². The third-order valence-corrected chi connectivity index (χ3v) is 3.48. The standard InChI is InChI=1S/C17H19N3O3/c1-13-6-2-3-7-14(13)12-17(21)19-11-10-18-15-8-4-5-9-16(15)20(22)23/h2-9,18H,10-12H2,1H3,(H,19,21). The molecule has 1 amide bonds. The predicted octanol–water partition coefficient (Wildman–Crippen LogP) is 2.67. The number of para-hydroxylation sites is 2. The lowest BCUT2D eigenvalue weighted by Crippen LogP contribution is -2.30. The molecule has 0 aromatic heterocycles. The van der Waals surface area contributed by atoms with Crippen LogP contribution in [0.15, 0.2) is 48.5 Å². The minimum Gasteiger partial charge on any atom is -0.378 e. The van der Waals surface area contributed by atoms with Gasteiger partial charge in [0.05, 0.1) is 11.3 Å². The Morgan fingerprint density at radius 3 is 2.52 bits per heavy atom. The van der Waals surface area contributed by atoms with Gasteiger partial charge < -0.3 is 10.6 Å². The van der Waals surface area contributed by atoms with E-state index in [1.165, 1.54) is 6.07 Å². The smallest absolute Gasteiger partial charge is 0.292 e. The molecule has 0 saturated carbocycles. The lowest BCUT2D eigenvalue weighted by atomic mass is 10.1. The van der Waals surface area contributed by atoms with Gasteiger partial charge in [0.1, 0.15) is 5.69 Å². The summed E-state index contributed by atoms with van der Waals surface area (Å²) in [6.45, 7) is 2.79. The molecule has 6 heteroatoms. The van der Waals surface area contributed by atoms with Crippen molar-refractivity contribution in [1.82, 2.24) is 5.32 Å². The number of benzene rings is 2. The fraction of sp³-hybridized carbons (Fsp3) is 0.235. The number of amides is 1. The van der Waals surface area contributed by atoms with Crippen LogP contribution in [0.2, 0.25) is 0 Å². The SMILES string of the molecule is Cc1ccccc1CC(=O)NCCNc1ccccc1[N+](=O)[O-]. The highest BCUT2D eigenvalue weighted by molar-refractivity contribution is 5.78. The summed E-state index contributed by atoms with van der Waals surface area (Å²) in [5.41, 5.74) is 2.56. The van der Waals surface area contributed by atoms with Crippen molar-refractivity contribution in [1.29, 1.82) is 0 Å². The van der Waals surface area contributed by atoms with Crippen LogP contribution < -0.4 is 10.6 Å². The van der Waals surface area contributed by atoms with Crippen molar-refractivity contribution in [2.75, 3.05) is 18.4 Å². The number of carbonyl (C=O) groups is 1. The minimum atomic E-state index is -0.431. The van der Waals surface area contributed by atoms with E-state index in [1.54, 1.807) is 18.2 Å². The molecular formula is C17H19N3O3. The van der Waals surface area contributed by atoms with Crippen LogP contribution in [-0.2, 0) is 11.2 Å². The summed E-state index contributed by atoms with van der Waals surface area (Å²) < 4.78 is 0. The maximum absolute atomic E-state index is 11.9. The van der Waals surface area contributed by atoms with Crippen molar-refractivity contribution >= 4 is 17.3 Å². The molecule has 0 heterocycles. The van der Waals surface area contributed by atoms with Gasteiger partial charge in [-0.3, -0.25) is 14.9 Å². The molecule has 0 unspecified atom stereocenters. The molecule has 0 spiro atoms. The highest BCUT2D eigenvalue weighted by Crippen LogP contribution is 2.22. The number of hydrogen-bond acceptors (Lipinski definition) is 4. The van der Waals surface area contributed by atoms with Crippen molar-refractivity contribution in [3.8, 4) is 0 Å². The van der Waals surface area contributed by atoms with Gasteiger partial charge in [0.25, 0.3) is 5.69 Å². The Balaban J connectivity index is 1.79. The van der Waals surface area contributed by atoms with Crippen LogP contribution >= 0.6 is 0 Å². The molecule has 2 rings (SSSR count). The molecule has 2 N–H and O–H groups in total. The Morgan fingerprint density at radius 2 is 1.78 bits per heavy atom. The highest BCUT2D eigenvalue weighted by atomic mass is 16.6. The number of nitrogens with zero attached hydrogens (tertiary/aromatic N) is 1. The van der Waals surface area contributed by atoms with Crippen molar-refractivity contribution in [3.05, 3.63) is 69.8 Å². The van der Waals surface area contributed by atoms with Gasteiger partial charge in [-0.15, -0.1) is 0 Å². The normalized spacial score (nSPS) is 10.1. The maximum atomic E-state index is 11.9. The number of aryl methyl sites for hydroxylation is 1. The molecule has 0 aliphatic heterocycles. The highest BCUT2D eigenvalue weighted by Gasteiger charge is 2.11. The second-order valence-corrected chi connectivity index (χ2v) is 5.15. The molecular weight excluding hydrogens is 294 g/mol. The molecule has 0 aliphatic rings. The summed E-state index contributed by atoms with van der Waals surface area (Å²) in [6, 6.07) is 14.2. The van der Waals surface area contributed by atoms with Gasteiger partial charge in [0.15, 0.2) is 0 Å². The van der Waals surface area contributed by atoms with Gasteiger partial charge in [-0.2, -0.15) is 0 Å². The van der Waals surface area contributed by atoms with Crippen LogP contribution in [0, 0.1) is 17.0 Å². The van der Waals surface area contributed by atoms with E-state index in [0.29, 0.717) is 25.2 Å². The Kier molecular flexibility index (Phi) is 5.68. The van der Waals surface area contributed by atoms with E-state index in [1.807, 2.05) is 31.2 Å². The first-order chi connectivity index (χ1) is 11.1. The molecule has 120 valence electrons. The summed E-state index contributed by atoms with van der Waals surface area (Å²) in [7, 11) is 0. The third-order valence-electron chi connectivity index (χ3n) is 3.48. The molecule has 2 aromatic carbocycles. The Labute approximate surface area is 134 Å². The number of hydrogen-bond donors (Lipinski definition) is 2. The zero-order valence-corrected chi connectivity index (χ0v) is 12.9. The van der Waals surface area contributed by atoms with Crippen molar-refractivity contribution in [2.24, 2.45) is 0 Å². The summed E-state index contributed by atoms with van der Waals surface area (Å²) in [5, 5.41) is 16.7. The first kappa shape index (κ1) is 16.5. The lowest BCUT2D eigenvalue weighted by molar-refractivity contribution is -0.384. The van der Waals surface area contributed by atoms with Gasteiger partial charge in [-0.05, 0) is 24.1 Å². The molecule has 0 bridgehead atoms. The van der Waals surface area contributed by atoms with Crippen molar-refractivity contribution < 1.29 is 9.72 Å². The first-order valence-corrected chi connectivity index (χ1v) is 7.36. The molecule has 0 aliphatic carbocycles. The van der Waals surface area contributed by atoms with E-state index < -0.39 is 4.92 Å². The molecule has 0 saturated heterocycles. The molecule has 0 radical (unpaired) electrons. The number of nitro groups is 1. The number of nitrogens with one attached hydrogen (secondary N) is 2. The Morgan fingerprint density at radius 1 is 1.09 bits per heavy atom. The van der Waals surface area contributed by atoms with Crippen LogP contribution in [0.3, 0.4) is 0 Å². The monoisotopic (exact) mass is 313 g/mol. The van der Waals surface area contributed by atoms with E-state index in [0.717, 1.165) is 11.1 Å². The van der Waals surface area contributed by atoms with Gasteiger partial charge in [-0.25, -0.2) is 0 Å². The Bertz CT molecular complexity index is 701. The number of nitro benzene ring substituents is 1. The largest absolute Gasteiger partial charge is 0.378 e. The van der Waals surface area contributed by atoms with Gasteiger partial charge in [0.2, 0.25) is 5.91 Å². The van der Waals surface area contributed by atoms with Crippen molar-refractivity contribution in [3.63, 3.8) is 0 Å². The van der Waals surface area contributed by atoms with E-state index in [4.69, 9.17) is 0 Å². The number of rotatable bonds is 7. The summed E-state index contributed by atoms with van der Waals surface area (Å²) in [4.78, 5) is 22.4. The summed E-state index contributed by atoms with van der Waals surface area (Å²) in [6.07, 6.45) is 0.332. The maximum Gasteiger partial charge on any atom is 0.292 e. The quantitative estimate of drug-likeness (QED) is 0.467. The predicted molar refractivity (Wildman–Crippen MR) is 89.5 cm³/mol. The first-order valence-electron chi connectivity index (χ1n) is 7.36. The molecule has 0 atom stereocenters. The minimum absolute atomic E-state index is 0.0266. The topological polar surface area (TPSA) is 84.3 Å². The average Bonchev–Trinajstić information content (AvgIpc) is 2.54. The zero-order valence-electron chi connectivity index (χ0n) is 12.9. The van der Waals surface area contributed by atoms with E-state index in [-0.39, 0.29) is 11.6 Å². The van der Waals surface area contributed by atoms with Crippen LogP contribution in [0.5, 0.6) is 0 Å². The average molecular weight is 313 g/mol. The number of anilines is 1. The van der Waals surface area contributed by atoms with Crippen LogP contribution in [0.4, 0.5) is 11.4 Å². The lowest BCUT2D eigenvalue weighted by Gasteiger charge is -2.09. The molecule has 6 nitrogen and oxygen atoms in total. The fourth-order valence-corrected chi connectivity index (χ4v) is 2.23. The Hall–Kier alpha value is -2.89. The number of carbonyl (C=O) groups excluding carboxylic acids is 1. The molecule has 0 fully saturated rings. The van der Waals surface area contributed by atoms with E-state index in [9.17, 15) is 14.9 Å². The van der Waals surface area contributed by atoms with Crippen LogP contribution in [-0.4, -0.2) is 23.9 Å². The van der Waals surface area contributed by atoms with Crippen LogP contribution in [0.1, 0.15) is 11.1 Å². The second-order valence-electron chi connectivity index (χ2n) is 5.15. The van der Waals surface area contributed by atoms with Gasteiger partial charge in [-0.1, -0.05) is 36.4 Å².